The van der Waals surface area contributed by atoms with E-state index in [1.165, 1.54) is 5.56 Å². The zero-order valence-corrected chi connectivity index (χ0v) is 8.84. The van der Waals surface area contributed by atoms with Crippen molar-refractivity contribution < 1.29 is 4.74 Å². The second-order valence-electron chi connectivity index (χ2n) is 4.41. The van der Waals surface area contributed by atoms with Gasteiger partial charge >= 0.3 is 0 Å². The second kappa shape index (κ2) is 3.10. The van der Waals surface area contributed by atoms with Gasteiger partial charge in [-0.15, -0.1) is 0 Å². The van der Waals surface area contributed by atoms with Gasteiger partial charge < -0.3 is 15.4 Å². The Balaban J connectivity index is 1.96. The van der Waals surface area contributed by atoms with Gasteiger partial charge in [-0.05, 0) is 25.0 Å². The fourth-order valence-corrected chi connectivity index (χ4v) is 2.27. The number of hydrogen-bond donors (Lipinski definition) is 2. The normalized spacial score (nSPS) is 28.3. The van der Waals surface area contributed by atoms with Crippen molar-refractivity contribution in [3.05, 3.63) is 17.8 Å². The molecule has 2 N–H and O–H groups in total. The molecule has 1 fully saturated rings. The van der Waals surface area contributed by atoms with Crippen LogP contribution < -0.4 is 10.6 Å². The highest BCUT2D eigenvalue weighted by Crippen LogP contribution is 2.34. The van der Waals surface area contributed by atoms with Gasteiger partial charge in [0.05, 0.1) is 17.8 Å². The second-order valence-corrected chi connectivity index (χ2v) is 4.41. The van der Waals surface area contributed by atoms with Gasteiger partial charge in [-0.2, -0.15) is 0 Å². The Morgan fingerprint density at radius 2 is 2.47 bits per heavy atom. The van der Waals surface area contributed by atoms with Crippen LogP contribution in [0.4, 0.5) is 11.5 Å². The van der Waals surface area contributed by atoms with E-state index in [2.05, 4.69) is 22.5 Å². The number of ether oxygens (including phenoxy) is 1. The Morgan fingerprint density at radius 1 is 1.53 bits per heavy atom. The third-order valence-corrected chi connectivity index (χ3v) is 3.25. The van der Waals surface area contributed by atoms with Crippen molar-refractivity contribution >= 4 is 11.5 Å². The molecule has 2 aliphatic heterocycles. The smallest absolute Gasteiger partial charge is 0.150 e. The number of rotatable bonds is 0. The molecule has 3 heterocycles. The molecule has 0 amide bonds. The summed E-state index contributed by atoms with van der Waals surface area (Å²) in [4.78, 5) is 4.37. The number of pyridine rings is 1. The fraction of sp³-hybridized carbons (Fsp3) is 0.545. The van der Waals surface area contributed by atoms with Crippen LogP contribution in [0.5, 0.6) is 0 Å². The predicted molar refractivity (Wildman–Crippen MR) is 59.3 cm³/mol. The molecule has 80 valence electrons. The molecule has 0 aliphatic carbocycles. The van der Waals surface area contributed by atoms with Crippen LogP contribution in [0.15, 0.2) is 12.3 Å². The van der Waals surface area contributed by atoms with E-state index in [9.17, 15) is 0 Å². The monoisotopic (exact) mass is 205 g/mol. The van der Waals surface area contributed by atoms with Gasteiger partial charge in [0.25, 0.3) is 0 Å². The molecule has 1 atom stereocenters. The topological polar surface area (TPSA) is 46.2 Å². The van der Waals surface area contributed by atoms with Gasteiger partial charge in [0, 0.05) is 19.3 Å². The first-order chi connectivity index (χ1) is 7.29. The van der Waals surface area contributed by atoms with Gasteiger partial charge in [-0.3, -0.25) is 0 Å². The quantitative estimate of drug-likeness (QED) is 0.672. The molecule has 1 aromatic rings. The fourth-order valence-electron chi connectivity index (χ4n) is 2.27. The largest absolute Gasteiger partial charge is 0.379 e. The van der Waals surface area contributed by atoms with Crippen LogP contribution in [0.3, 0.4) is 0 Å². The molecule has 0 saturated carbocycles. The van der Waals surface area contributed by atoms with Crippen LogP contribution in [0, 0.1) is 6.92 Å². The van der Waals surface area contributed by atoms with E-state index in [0.717, 1.165) is 37.7 Å². The minimum atomic E-state index is 0.0633. The summed E-state index contributed by atoms with van der Waals surface area (Å²) >= 11 is 0. The van der Waals surface area contributed by atoms with Gasteiger partial charge in [0.2, 0.25) is 0 Å². The lowest BCUT2D eigenvalue weighted by atomic mass is 9.96. The molecule has 4 heteroatoms. The highest BCUT2D eigenvalue weighted by molar-refractivity contribution is 5.71. The van der Waals surface area contributed by atoms with Gasteiger partial charge in [-0.25, -0.2) is 4.98 Å². The Labute approximate surface area is 89.0 Å². The molecule has 2 aliphatic rings. The number of aryl methyl sites for hydroxylation is 1. The molecule has 1 aromatic heterocycles. The lowest BCUT2D eigenvalue weighted by molar-refractivity contribution is 0.183. The van der Waals surface area contributed by atoms with Gasteiger partial charge in [-0.1, -0.05) is 0 Å². The summed E-state index contributed by atoms with van der Waals surface area (Å²) in [6.07, 6.45) is 2.90. The molecule has 4 nitrogen and oxygen atoms in total. The highest BCUT2D eigenvalue weighted by atomic mass is 16.5. The molecule has 0 radical (unpaired) electrons. The molecule has 15 heavy (non-hydrogen) atoms. The van der Waals surface area contributed by atoms with Crippen molar-refractivity contribution in [3.8, 4) is 0 Å². The number of nitrogens with one attached hydrogen (secondary N) is 2. The van der Waals surface area contributed by atoms with Crippen LogP contribution in [-0.4, -0.2) is 30.3 Å². The predicted octanol–water partition coefficient (Wildman–Crippen LogP) is 1.39. The lowest BCUT2D eigenvalue weighted by Crippen LogP contribution is -2.48. The summed E-state index contributed by atoms with van der Waals surface area (Å²) in [6, 6.07) is 2.02. The van der Waals surface area contributed by atoms with E-state index in [1.807, 2.05) is 12.3 Å². The summed E-state index contributed by atoms with van der Waals surface area (Å²) in [5.74, 6) is 0.965. The molecule has 1 saturated heterocycles. The maximum Gasteiger partial charge on any atom is 0.150 e. The Kier molecular flexibility index (Phi) is 1.85. The van der Waals surface area contributed by atoms with E-state index in [4.69, 9.17) is 4.74 Å². The lowest BCUT2D eigenvalue weighted by Gasteiger charge is -2.36. The van der Waals surface area contributed by atoms with Crippen LogP contribution in [0.25, 0.3) is 0 Å². The molecular weight excluding hydrogens is 190 g/mol. The number of hydrogen-bond acceptors (Lipinski definition) is 4. The minimum Gasteiger partial charge on any atom is -0.379 e. The third-order valence-electron chi connectivity index (χ3n) is 3.25. The first kappa shape index (κ1) is 8.97. The SMILES string of the molecule is Cc1ccnc2c1NCC1(CCOC1)N2. The summed E-state index contributed by atoms with van der Waals surface area (Å²) < 4.78 is 5.45. The summed E-state index contributed by atoms with van der Waals surface area (Å²) in [7, 11) is 0. The molecular formula is C11H15N3O. The number of anilines is 2. The van der Waals surface area contributed by atoms with Crippen LogP contribution in [0.1, 0.15) is 12.0 Å². The molecule has 3 rings (SSSR count). The summed E-state index contributed by atoms with van der Waals surface area (Å²) in [5.41, 5.74) is 2.43. The van der Waals surface area contributed by atoms with Crippen molar-refractivity contribution in [3.63, 3.8) is 0 Å². The zero-order valence-electron chi connectivity index (χ0n) is 8.84. The van der Waals surface area contributed by atoms with Crippen LogP contribution in [0.2, 0.25) is 0 Å². The Bertz CT molecular complexity index is 385. The number of fused-ring (bicyclic) bond motifs is 1. The van der Waals surface area contributed by atoms with E-state index >= 15 is 0 Å². The van der Waals surface area contributed by atoms with Gasteiger partial charge in [0.1, 0.15) is 5.82 Å². The zero-order chi connectivity index (χ0) is 10.3. The first-order valence-corrected chi connectivity index (χ1v) is 5.35. The number of nitrogens with zero attached hydrogens (tertiary/aromatic N) is 1. The highest BCUT2D eigenvalue weighted by Gasteiger charge is 2.38. The van der Waals surface area contributed by atoms with Crippen molar-refractivity contribution in [1.82, 2.24) is 4.98 Å². The Morgan fingerprint density at radius 3 is 3.27 bits per heavy atom. The van der Waals surface area contributed by atoms with E-state index in [1.54, 1.807) is 0 Å². The van der Waals surface area contributed by atoms with E-state index in [-0.39, 0.29) is 5.54 Å². The summed E-state index contributed by atoms with van der Waals surface area (Å²) in [5, 5.41) is 6.97. The molecule has 0 aromatic carbocycles. The summed E-state index contributed by atoms with van der Waals surface area (Å²) in [6.45, 7) is 4.63. The third kappa shape index (κ3) is 1.36. The molecule has 1 unspecified atom stereocenters. The maximum absolute atomic E-state index is 5.45. The average Bonchev–Trinajstić information content (AvgIpc) is 2.66. The van der Waals surface area contributed by atoms with Crippen molar-refractivity contribution in [2.24, 2.45) is 0 Å². The Hall–Kier alpha value is -1.29. The van der Waals surface area contributed by atoms with Crippen molar-refractivity contribution in [1.29, 1.82) is 0 Å². The van der Waals surface area contributed by atoms with E-state index < -0.39 is 0 Å². The number of aromatic nitrogens is 1. The standard InChI is InChI=1S/C11H15N3O/c1-8-2-4-12-10-9(8)13-6-11(14-10)3-5-15-7-11/h2,4,13H,3,5-7H2,1H3,(H,12,14). The first-order valence-electron chi connectivity index (χ1n) is 5.35. The van der Waals surface area contributed by atoms with Crippen LogP contribution in [-0.2, 0) is 4.74 Å². The van der Waals surface area contributed by atoms with Crippen molar-refractivity contribution in [2.45, 2.75) is 18.9 Å². The molecule has 1 spiro atoms. The maximum atomic E-state index is 5.45. The average molecular weight is 205 g/mol. The minimum absolute atomic E-state index is 0.0633. The molecule has 0 bridgehead atoms. The van der Waals surface area contributed by atoms with E-state index in [0.29, 0.717) is 0 Å². The van der Waals surface area contributed by atoms with Crippen LogP contribution >= 0.6 is 0 Å². The van der Waals surface area contributed by atoms with Gasteiger partial charge in [0.15, 0.2) is 0 Å². The van der Waals surface area contributed by atoms with Crippen molar-refractivity contribution in [2.75, 3.05) is 30.4 Å².